The van der Waals surface area contributed by atoms with Crippen molar-refractivity contribution in [1.29, 1.82) is 0 Å². The van der Waals surface area contributed by atoms with Crippen molar-refractivity contribution in [1.82, 2.24) is 0 Å². The lowest BCUT2D eigenvalue weighted by Crippen LogP contribution is -2.35. The molecule has 0 amide bonds. The Hall–Kier alpha value is -1.76. The van der Waals surface area contributed by atoms with Crippen LogP contribution in [0.5, 0.6) is 0 Å². The van der Waals surface area contributed by atoms with Crippen LogP contribution in [-0.2, 0) is 5.41 Å². The van der Waals surface area contributed by atoms with Crippen LogP contribution in [0.25, 0.3) is 0 Å². The number of likely N-dealkylation sites (N-methyl/N-ethyl adjacent to an activating group) is 1. The van der Waals surface area contributed by atoms with Gasteiger partial charge in [0.15, 0.2) is 0 Å². The highest BCUT2D eigenvalue weighted by Crippen LogP contribution is 2.46. The molecular weight excluding hydrogens is 218 g/mol. The van der Waals surface area contributed by atoms with Crippen LogP contribution in [0.2, 0.25) is 0 Å². The molecule has 0 atom stereocenters. The van der Waals surface area contributed by atoms with Gasteiger partial charge in [0, 0.05) is 23.8 Å². The highest BCUT2D eigenvalue weighted by Gasteiger charge is 2.36. The molecule has 1 heterocycles. The SMILES string of the molecule is C=CC=C1/C(=C\C)N(C)c2ccccc2C1(C)C. The van der Waals surface area contributed by atoms with Gasteiger partial charge in [0.1, 0.15) is 0 Å². The maximum Gasteiger partial charge on any atom is 0.0449 e. The largest absolute Gasteiger partial charge is 0.344 e. The number of fused-ring (bicyclic) bond motifs is 1. The summed E-state index contributed by atoms with van der Waals surface area (Å²) in [6.07, 6.45) is 6.18. The molecule has 0 radical (unpaired) electrons. The fourth-order valence-electron chi connectivity index (χ4n) is 2.83. The highest BCUT2D eigenvalue weighted by molar-refractivity contribution is 5.71. The van der Waals surface area contributed by atoms with Gasteiger partial charge in [0.2, 0.25) is 0 Å². The molecule has 1 aromatic carbocycles. The van der Waals surface area contributed by atoms with Crippen LogP contribution in [0.3, 0.4) is 0 Å². The van der Waals surface area contributed by atoms with Gasteiger partial charge in [-0.3, -0.25) is 0 Å². The first-order valence-electron chi connectivity index (χ1n) is 6.37. The molecule has 0 bridgehead atoms. The molecule has 0 saturated heterocycles. The maximum atomic E-state index is 3.85. The van der Waals surface area contributed by atoms with Crippen LogP contribution in [0.1, 0.15) is 26.3 Å². The fraction of sp³-hybridized carbons (Fsp3) is 0.294. The van der Waals surface area contributed by atoms with Crippen molar-refractivity contribution in [3.63, 3.8) is 0 Å². The van der Waals surface area contributed by atoms with Gasteiger partial charge in [0.25, 0.3) is 0 Å². The topological polar surface area (TPSA) is 3.24 Å². The molecule has 1 heteroatoms. The standard InChI is InChI=1S/C17H21N/c1-6-10-13-15(7-2)18(5)16-12-9-8-11-14(16)17(13,3)4/h6-12H,1H2,2-5H3/b13-10?,15-7+. The van der Waals surface area contributed by atoms with E-state index in [0.29, 0.717) is 0 Å². The summed E-state index contributed by atoms with van der Waals surface area (Å²) in [4.78, 5) is 2.26. The molecule has 0 aromatic heterocycles. The van der Waals surface area contributed by atoms with E-state index < -0.39 is 0 Å². The molecule has 0 N–H and O–H groups in total. The fourth-order valence-corrected chi connectivity index (χ4v) is 2.83. The van der Waals surface area contributed by atoms with Crippen molar-refractivity contribution >= 4 is 5.69 Å². The molecule has 1 nitrogen and oxygen atoms in total. The lowest BCUT2D eigenvalue weighted by molar-refractivity contribution is 0.609. The summed E-state index contributed by atoms with van der Waals surface area (Å²) in [6.45, 7) is 10.5. The van der Waals surface area contributed by atoms with Crippen molar-refractivity contribution in [2.75, 3.05) is 11.9 Å². The van der Waals surface area contributed by atoms with Gasteiger partial charge in [0.05, 0.1) is 0 Å². The molecule has 0 fully saturated rings. The number of allylic oxidation sites excluding steroid dienone is 4. The zero-order valence-corrected chi connectivity index (χ0v) is 11.7. The number of hydrogen-bond donors (Lipinski definition) is 0. The van der Waals surface area contributed by atoms with Crippen LogP contribution in [0, 0.1) is 0 Å². The summed E-state index contributed by atoms with van der Waals surface area (Å²) in [5.41, 5.74) is 5.25. The van der Waals surface area contributed by atoms with E-state index in [4.69, 9.17) is 0 Å². The smallest absolute Gasteiger partial charge is 0.0449 e. The van der Waals surface area contributed by atoms with Gasteiger partial charge in [-0.1, -0.05) is 56.9 Å². The van der Waals surface area contributed by atoms with E-state index in [1.54, 1.807) is 0 Å². The summed E-state index contributed by atoms with van der Waals surface area (Å²) in [6, 6.07) is 8.61. The molecule has 1 aliphatic heterocycles. The second kappa shape index (κ2) is 4.49. The molecule has 0 spiro atoms. The predicted molar refractivity (Wildman–Crippen MR) is 79.9 cm³/mol. The van der Waals surface area contributed by atoms with Crippen LogP contribution in [-0.4, -0.2) is 7.05 Å². The predicted octanol–water partition coefficient (Wildman–Crippen LogP) is 4.43. The minimum absolute atomic E-state index is 0.0130. The van der Waals surface area contributed by atoms with E-state index in [-0.39, 0.29) is 5.41 Å². The Morgan fingerprint density at radius 1 is 1.22 bits per heavy atom. The second-order valence-electron chi connectivity index (χ2n) is 5.19. The second-order valence-corrected chi connectivity index (χ2v) is 5.19. The Labute approximate surface area is 110 Å². The minimum Gasteiger partial charge on any atom is -0.344 e. The van der Waals surface area contributed by atoms with Gasteiger partial charge in [-0.2, -0.15) is 0 Å². The first-order valence-corrected chi connectivity index (χ1v) is 6.37. The Morgan fingerprint density at radius 3 is 2.50 bits per heavy atom. The van der Waals surface area contributed by atoms with Gasteiger partial charge < -0.3 is 4.90 Å². The summed E-state index contributed by atoms with van der Waals surface area (Å²) < 4.78 is 0. The van der Waals surface area contributed by atoms with Crippen molar-refractivity contribution in [2.24, 2.45) is 0 Å². The number of rotatable bonds is 1. The summed E-state index contributed by atoms with van der Waals surface area (Å²) in [7, 11) is 2.13. The number of anilines is 1. The molecule has 0 unspecified atom stereocenters. The Morgan fingerprint density at radius 2 is 1.89 bits per heavy atom. The van der Waals surface area contributed by atoms with Crippen molar-refractivity contribution in [2.45, 2.75) is 26.2 Å². The van der Waals surface area contributed by atoms with E-state index in [2.05, 4.69) is 75.7 Å². The van der Waals surface area contributed by atoms with Crippen molar-refractivity contribution < 1.29 is 0 Å². The third-order valence-corrected chi connectivity index (χ3v) is 3.81. The minimum atomic E-state index is 0.0130. The van der Waals surface area contributed by atoms with E-state index in [1.807, 2.05) is 6.08 Å². The Balaban J connectivity index is 2.76. The van der Waals surface area contributed by atoms with E-state index in [1.165, 1.54) is 22.5 Å². The van der Waals surface area contributed by atoms with Crippen LogP contribution in [0.4, 0.5) is 5.69 Å². The normalized spacial score (nSPS) is 22.1. The molecule has 1 aromatic rings. The summed E-state index contributed by atoms with van der Waals surface area (Å²) in [5, 5.41) is 0. The number of benzene rings is 1. The Bertz CT molecular complexity index is 532. The van der Waals surface area contributed by atoms with Crippen LogP contribution < -0.4 is 4.90 Å². The summed E-state index contributed by atoms with van der Waals surface area (Å²) >= 11 is 0. The number of para-hydroxylation sites is 1. The van der Waals surface area contributed by atoms with Crippen molar-refractivity contribution in [3.05, 3.63) is 65.9 Å². The quantitative estimate of drug-likeness (QED) is 0.700. The number of hydrogen-bond acceptors (Lipinski definition) is 1. The third-order valence-electron chi connectivity index (χ3n) is 3.81. The molecule has 2 rings (SSSR count). The first-order chi connectivity index (χ1) is 8.54. The van der Waals surface area contributed by atoms with Crippen LogP contribution in [0.15, 0.2) is 60.3 Å². The van der Waals surface area contributed by atoms with E-state index >= 15 is 0 Å². The lowest BCUT2D eigenvalue weighted by atomic mass is 9.72. The lowest BCUT2D eigenvalue weighted by Gasteiger charge is -2.42. The maximum absolute atomic E-state index is 3.85. The number of nitrogens with zero attached hydrogens (tertiary/aromatic N) is 1. The van der Waals surface area contributed by atoms with Gasteiger partial charge in [-0.15, -0.1) is 0 Å². The monoisotopic (exact) mass is 239 g/mol. The molecular formula is C17H21N. The average molecular weight is 239 g/mol. The van der Waals surface area contributed by atoms with Gasteiger partial charge in [-0.05, 0) is 24.1 Å². The molecule has 1 aliphatic rings. The van der Waals surface area contributed by atoms with Gasteiger partial charge in [-0.25, -0.2) is 0 Å². The van der Waals surface area contributed by atoms with Crippen LogP contribution >= 0.6 is 0 Å². The molecule has 18 heavy (non-hydrogen) atoms. The van der Waals surface area contributed by atoms with E-state index in [0.717, 1.165) is 0 Å². The summed E-state index contributed by atoms with van der Waals surface area (Å²) in [5.74, 6) is 0. The zero-order chi connectivity index (χ0) is 13.3. The molecule has 0 saturated carbocycles. The first kappa shape index (κ1) is 12.7. The van der Waals surface area contributed by atoms with Crippen molar-refractivity contribution in [3.8, 4) is 0 Å². The Kier molecular flexibility index (Phi) is 3.16. The van der Waals surface area contributed by atoms with Gasteiger partial charge >= 0.3 is 0 Å². The highest BCUT2D eigenvalue weighted by atomic mass is 15.1. The molecule has 94 valence electrons. The third kappa shape index (κ3) is 1.71. The van der Waals surface area contributed by atoms with E-state index in [9.17, 15) is 0 Å². The average Bonchev–Trinajstić information content (AvgIpc) is 2.37. The zero-order valence-electron chi connectivity index (χ0n) is 11.7. The molecule has 0 aliphatic carbocycles.